The molecule has 51 valence electrons. The minimum atomic E-state index is -0.721. The summed E-state index contributed by atoms with van der Waals surface area (Å²) in [5, 5.41) is 2.38. The van der Waals surface area contributed by atoms with E-state index in [9.17, 15) is 9.59 Å². The first kappa shape index (κ1) is 7.94. The molecular formula is C5H9N2O2. The number of nitrogens with two attached hydrogens (primary N) is 1. The van der Waals surface area contributed by atoms with Crippen LogP contribution in [0.25, 0.3) is 0 Å². The first-order valence-electron chi connectivity index (χ1n) is 2.58. The molecule has 0 heterocycles. The number of carbonyl (C=O) groups excluding carboxylic acids is 2. The summed E-state index contributed by atoms with van der Waals surface area (Å²) in [6, 6.07) is 0. The van der Waals surface area contributed by atoms with E-state index in [1.807, 2.05) is 0 Å². The zero-order valence-electron chi connectivity index (χ0n) is 5.18. The van der Waals surface area contributed by atoms with Crippen molar-refractivity contribution in [3.8, 4) is 0 Å². The maximum absolute atomic E-state index is 10.4. The lowest BCUT2D eigenvalue weighted by Crippen LogP contribution is -2.28. The van der Waals surface area contributed by atoms with Gasteiger partial charge in [0.1, 0.15) is 6.42 Å². The Morgan fingerprint density at radius 3 is 2.56 bits per heavy atom. The van der Waals surface area contributed by atoms with Crippen LogP contribution in [0.5, 0.6) is 0 Å². The Bertz CT molecular complexity index is 122. The van der Waals surface area contributed by atoms with Gasteiger partial charge in [0.15, 0.2) is 0 Å². The Morgan fingerprint density at radius 1 is 1.67 bits per heavy atom. The summed E-state index contributed by atoms with van der Waals surface area (Å²) >= 11 is 0. The quantitative estimate of drug-likeness (QED) is 0.470. The molecule has 0 aliphatic carbocycles. The standard InChI is InChI=1S/C5H9N2O2/c1-2-7-5(9)3-4(6)8/h3H,2H2,1H3,(H2,6,8)(H,7,9). The zero-order valence-corrected chi connectivity index (χ0v) is 5.18. The van der Waals surface area contributed by atoms with Crippen LogP contribution in [0.1, 0.15) is 6.92 Å². The van der Waals surface area contributed by atoms with Crippen LogP contribution < -0.4 is 11.1 Å². The molecule has 0 saturated carbocycles. The van der Waals surface area contributed by atoms with Gasteiger partial charge in [0.2, 0.25) is 11.8 Å². The third-order valence-corrected chi connectivity index (χ3v) is 0.624. The molecule has 4 heteroatoms. The Hall–Kier alpha value is -1.06. The topological polar surface area (TPSA) is 72.2 Å². The van der Waals surface area contributed by atoms with Crippen LogP contribution in [-0.4, -0.2) is 18.4 Å². The summed E-state index contributed by atoms with van der Waals surface area (Å²) in [5.41, 5.74) is 4.67. The van der Waals surface area contributed by atoms with E-state index >= 15 is 0 Å². The Balaban J connectivity index is 3.39. The van der Waals surface area contributed by atoms with Crippen molar-refractivity contribution in [2.24, 2.45) is 5.73 Å². The number of amides is 2. The summed E-state index contributed by atoms with van der Waals surface area (Å²) in [4.78, 5) is 20.4. The number of primary amides is 1. The van der Waals surface area contributed by atoms with E-state index in [1.165, 1.54) is 0 Å². The summed E-state index contributed by atoms with van der Waals surface area (Å²) < 4.78 is 0. The fourth-order valence-electron chi connectivity index (χ4n) is 0.354. The maximum atomic E-state index is 10.4. The van der Waals surface area contributed by atoms with Crippen molar-refractivity contribution in [1.82, 2.24) is 5.32 Å². The monoisotopic (exact) mass is 129 g/mol. The second-order valence-electron chi connectivity index (χ2n) is 1.44. The predicted octanol–water partition coefficient (Wildman–Crippen LogP) is -1.19. The highest BCUT2D eigenvalue weighted by Gasteiger charge is 2.02. The molecule has 9 heavy (non-hydrogen) atoms. The molecule has 0 aromatic carbocycles. The molecule has 0 saturated heterocycles. The third-order valence-electron chi connectivity index (χ3n) is 0.624. The van der Waals surface area contributed by atoms with Crippen LogP contribution >= 0.6 is 0 Å². The molecule has 0 aliphatic heterocycles. The fourth-order valence-corrected chi connectivity index (χ4v) is 0.354. The molecule has 0 spiro atoms. The van der Waals surface area contributed by atoms with Crippen LogP contribution in [0.4, 0.5) is 0 Å². The SMILES string of the molecule is CCNC(=O)[CH]C(N)=O. The van der Waals surface area contributed by atoms with E-state index in [-0.39, 0.29) is 0 Å². The Labute approximate surface area is 53.4 Å². The van der Waals surface area contributed by atoms with Crippen molar-refractivity contribution < 1.29 is 9.59 Å². The van der Waals surface area contributed by atoms with Gasteiger partial charge in [-0.1, -0.05) is 0 Å². The first-order chi connectivity index (χ1) is 4.16. The molecule has 0 aliphatic rings. The number of rotatable bonds is 3. The van der Waals surface area contributed by atoms with Crippen LogP contribution in [0.2, 0.25) is 0 Å². The molecule has 3 N–H and O–H groups in total. The molecule has 1 radical (unpaired) electrons. The lowest BCUT2D eigenvalue weighted by atomic mass is 10.4. The highest BCUT2D eigenvalue weighted by atomic mass is 16.2. The van der Waals surface area contributed by atoms with Crippen molar-refractivity contribution in [2.45, 2.75) is 6.92 Å². The fraction of sp³-hybridized carbons (Fsp3) is 0.400. The molecule has 0 aromatic heterocycles. The van der Waals surface area contributed by atoms with Gasteiger partial charge in [0.05, 0.1) is 0 Å². The van der Waals surface area contributed by atoms with Crippen LogP contribution in [0.3, 0.4) is 0 Å². The van der Waals surface area contributed by atoms with Gasteiger partial charge < -0.3 is 11.1 Å². The summed E-state index contributed by atoms with van der Waals surface area (Å²) in [6.45, 7) is 2.26. The Kier molecular flexibility index (Phi) is 3.43. The summed E-state index contributed by atoms with van der Waals surface area (Å²) in [6.07, 6.45) is 0.809. The van der Waals surface area contributed by atoms with Crippen molar-refractivity contribution in [3.63, 3.8) is 0 Å². The number of hydrogen-bond donors (Lipinski definition) is 2. The number of carbonyl (C=O) groups is 2. The highest BCUT2D eigenvalue weighted by molar-refractivity contribution is 6.07. The van der Waals surface area contributed by atoms with E-state index in [0.717, 1.165) is 6.42 Å². The average Bonchev–Trinajstić information content (AvgIpc) is 1.63. The van der Waals surface area contributed by atoms with E-state index < -0.39 is 11.8 Å². The first-order valence-corrected chi connectivity index (χ1v) is 2.58. The predicted molar refractivity (Wildman–Crippen MR) is 32.2 cm³/mol. The van der Waals surface area contributed by atoms with Gasteiger partial charge in [-0.25, -0.2) is 0 Å². The normalized spacial score (nSPS) is 8.56. The van der Waals surface area contributed by atoms with Gasteiger partial charge >= 0.3 is 0 Å². The van der Waals surface area contributed by atoms with Gasteiger partial charge in [-0.15, -0.1) is 0 Å². The van der Waals surface area contributed by atoms with Crippen LogP contribution in [0, 0.1) is 6.42 Å². The zero-order chi connectivity index (χ0) is 7.28. The Morgan fingerprint density at radius 2 is 2.22 bits per heavy atom. The lowest BCUT2D eigenvalue weighted by Gasteiger charge is -1.95. The molecule has 0 bridgehead atoms. The molecule has 2 amide bonds. The lowest BCUT2D eigenvalue weighted by molar-refractivity contribution is -0.122. The third kappa shape index (κ3) is 4.80. The summed E-state index contributed by atoms with van der Waals surface area (Å²) in [5.74, 6) is -1.16. The minimum Gasteiger partial charge on any atom is -0.369 e. The molecule has 0 fully saturated rings. The van der Waals surface area contributed by atoms with Gasteiger partial charge in [0, 0.05) is 6.54 Å². The molecule has 0 rings (SSSR count). The van der Waals surface area contributed by atoms with Crippen molar-refractivity contribution in [3.05, 3.63) is 6.42 Å². The molecule has 4 nitrogen and oxygen atoms in total. The molecule has 0 atom stereocenters. The maximum Gasteiger partial charge on any atom is 0.233 e. The number of nitrogens with one attached hydrogen (secondary N) is 1. The van der Waals surface area contributed by atoms with Gasteiger partial charge in [-0.3, -0.25) is 9.59 Å². The van der Waals surface area contributed by atoms with Crippen molar-refractivity contribution in [2.75, 3.05) is 6.54 Å². The van der Waals surface area contributed by atoms with E-state index in [0.29, 0.717) is 6.54 Å². The summed E-state index contributed by atoms with van der Waals surface area (Å²) in [7, 11) is 0. The minimum absolute atomic E-state index is 0.440. The van der Waals surface area contributed by atoms with E-state index in [4.69, 9.17) is 0 Å². The van der Waals surface area contributed by atoms with E-state index in [2.05, 4.69) is 11.1 Å². The van der Waals surface area contributed by atoms with Gasteiger partial charge in [0.25, 0.3) is 0 Å². The van der Waals surface area contributed by atoms with Gasteiger partial charge in [-0.05, 0) is 6.92 Å². The van der Waals surface area contributed by atoms with E-state index in [1.54, 1.807) is 6.92 Å². The molecule has 0 unspecified atom stereocenters. The molecular weight excluding hydrogens is 120 g/mol. The largest absolute Gasteiger partial charge is 0.369 e. The highest BCUT2D eigenvalue weighted by Crippen LogP contribution is 1.72. The van der Waals surface area contributed by atoms with Crippen LogP contribution in [0.15, 0.2) is 0 Å². The second kappa shape index (κ2) is 3.88. The average molecular weight is 129 g/mol. The van der Waals surface area contributed by atoms with Crippen molar-refractivity contribution in [1.29, 1.82) is 0 Å². The second-order valence-corrected chi connectivity index (χ2v) is 1.44. The number of hydrogen-bond acceptors (Lipinski definition) is 2. The molecule has 0 aromatic rings. The van der Waals surface area contributed by atoms with Crippen molar-refractivity contribution >= 4 is 11.8 Å². The smallest absolute Gasteiger partial charge is 0.233 e. The van der Waals surface area contributed by atoms with Gasteiger partial charge in [-0.2, -0.15) is 0 Å². The van der Waals surface area contributed by atoms with Crippen LogP contribution in [-0.2, 0) is 9.59 Å².